The Labute approximate surface area is 173 Å². The van der Waals surface area contributed by atoms with Gasteiger partial charge < -0.3 is 4.74 Å². The molecule has 146 valence electrons. The molecule has 30 heavy (non-hydrogen) atoms. The number of hydrogen-bond donors (Lipinski definition) is 0. The van der Waals surface area contributed by atoms with Gasteiger partial charge in [-0.25, -0.2) is 13.9 Å². The van der Waals surface area contributed by atoms with Crippen molar-refractivity contribution in [1.82, 2.24) is 14.6 Å². The van der Waals surface area contributed by atoms with Crippen LogP contribution < -0.4 is 4.74 Å². The molecule has 0 aliphatic carbocycles. The van der Waals surface area contributed by atoms with Crippen molar-refractivity contribution in [2.24, 2.45) is 0 Å². The van der Waals surface area contributed by atoms with Crippen LogP contribution in [0.5, 0.6) is 11.5 Å². The van der Waals surface area contributed by atoms with Crippen LogP contribution >= 0.6 is 0 Å². The van der Waals surface area contributed by atoms with Crippen molar-refractivity contribution in [3.63, 3.8) is 0 Å². The number of ether oxygens (including phenoxy) is 1. The molecule has 0 radical (unpaired) electrons. The van der Waals surface area contributed by atoms with Crippen LogP contribution in [-0.2, 0) is 6.42 Å². The summed E-state index contributed by atoms with van der Waals surface area (Å²) >= 11 is 0. The van der Waals surface area contributed by atoms with Crippen LogP contribution in [0.15, 0.2) is 97.2 Å². The first kappa shape index (κ1) is 18.1. The van der Waals surface area contributed by atoms with E-state index in [4.69, 9.17) is 9.84 Å². The van der Waals surface area contributed by atoms with Crippen LogP contribution in [0.1, 0.15) is 11.3 Å². The summed E-state index contributed by atoms with van der Waals surface area (Å²) in [5.41, 5.74) is 4.49. The summed E-state index contributed by atoms with van der Waals surface area (Å²) in [4.78, 5) is 4.48. The molecule has 2 heterocycles. The van der Waals surface area contributed by atoms with E-state index in [9.17, 15) is 4.39 Å². The molecule has 4 nitrogen and oxygen atoms in total. The first-order valence-corrected chi connectivity index (χ1v) is 9.66. The lowest BCUT2D eigenvalue weighted by atomic mass is 10.1. The molecular formula is C25H18FN3O. The van der Waals surface area contributed by atoms with E-state index in [-0.39, 0.29) is 5.82 Å². The fraction of sp³-hybridized carbons (Fsp3) is 0.0400. The number of rotatable bonds is 5. The third kappa shape index (κ3) is 3.78. The van der Waals surface area contributed by atoms with E-state index in [1.165, 1.54) is 12.1 Å². The average Bonchev–Trinajstić information content (AvgIpc) is 3.20. The zero-order valence-corrected chi connectivity index (χ0v) is 16.1. The number of imidazole rings is 1. The van der Waals surface area contributed by atoms with Crippen LogP contribution in [0.2, 0.25) is 0 Å². The van der Waals surface area contributed by atoms with Gasteiger partial charge in [0.25, 0.3) is 0 Å². The van der Waals surface area contributed by atoms with E-state index in [2.05, 4.69) is 4.98 Å². The Morgan fingerprint density at radius 2 is 1.60 bits per heavy atom. The maximum Gasteiger partial charge on any atom is 0.154 e. The number of fused-ring (bicyclic) bond motifs is 1. The van der Waals surface area contributed by atoms with Crippen LogP contribution in [0.3, 0.4) is 0 Å². The Balaban J connectivity index is 1.47. The van der Waals surface area contributed by atoms with Crippen molar-refractivity contribution in [1.29, 1.82) is 0 Å². The van der Waals surface area contributed by atoms with Crippen LogP contribution in [0, 0.1) is 5.82 Å². The molecule has 0 aliphatic rings. The monoisotopic (exact) mass is 395 g/mol. The predicted molar refractivity (Wildman–Crippen MR) is 114 cm³/mol. The Morgan fingerprint density at radius 3 is 2.43 bits per heavy atom. The number of para-hydroxylation sites is 1. The van der Waals surface area contributed by atoms with Gasteiger partial charge in [0, 0.05) is 12.0 Å². The minimum absolute atomic E-state index is 0.239. The summed E-state index contributed by atoms with van der Waals surface area (Å²) in [6.45, 7) is 0. The van der Waals surface area contributed by atoms with Crippen molar-refractivity contribution < 1.29 is 9.13 Å². The summed E-state index contributed by atoms with van der Waals surface area (Å²) in [6, 6.07) is 27.9. The van der Waals surface area contributed by atoms with E-state index >= 15 is 0 Å². The molecule has 0 aliphatic heterocycles. The summed E-state index contributed by atoms with van der Waals surface area (Å²) in [6.07, 6.45) is 2.43. The van der Waals surface area contributed by atoms with Gasteiger partial charge in [-0.05, 0) is 54.1 Å². The van der Waals surface area contributed by atoms with Crippen molar-refractivity contribution >= 4 is 5.65 Å². The first-order valence-electron chi connectivity index (χ1n) is 9.66. The second-order valence-corrected chi connectivity index (χ2v) is 6.98. The highest BCUT2D eigenvalue weighted by molar-refractivity contribution is 5.64. The van der Waals surface area contributed by atoms with Gasteiger partial charge in [-0.2, -0.15) is 5.10 Å². The Bertz CT molecular complexity index is 1300. The normalized spacial score (nSPS) is 11.0. The van der Waals surface area contributed by atoms with Crippen molar-refractivity contribution in [2.45, 2.75) is 6.42 Å². The molecular weight excluding hydrogens is 377 g/mol. The topological polar surface area (TPSA) is 39.4 Å². The zero-order valence-electron chi connectivity index (χ0n) is 16.1. The van der Waals surface area contributed by atoms with Crippen LogP contribution in [0.25, 0.3) is 16.9 Å². The van der Waals surface area contributed by atoms with Gasteiger partial charge >= 0.3 is 0 Å². The summed E-state index contributed by atoms with van der Waals surface area (Å²) in [5.74, 6) is 1.29. The average molecular weight is 395 g/mol. The molecule has 0 spiro atoms. The fourth-order valence-electron chi connectivity index (χ4n) is 3.36. The largest absolute Gasteiger partial charge is 0.457 e. The molecule has 5 rings (SSSR count). The Kier molecular flexibility index (Phi) is 4.69. The molecule has 0 saturated carbocycles. The van der Waals surface area contributed by atoms with E-state index in [0.717, 1.165) is 39.7 Å². The number of halogens is 1. The van der Waals surface area contributed by atoms with Crippen LogP contribution in [0.4, 0.5) is 4.39 Å². The maximum absolute atomic E-state index is 13.2. The predicted octanol–water partition coefficient (Wildman–Crippen LogP) is 5.92. The quantitative estimate of drug-likeness (QED) is 0.371. The van der Waals surface area contributed by atoms with Crippen molar-refractivity contribution in [3.05, 3.63) is 114 Å². The molecule has 0 fully saturated rings. The Morgan fingerprint density at radius 1 is 0.800 bits per heavy atom. The lowest BCUT2D eigenvalue weighted by Gasteiger charge is -2.08. The van der Waals surface area contributed by atoms with Gasteiger partial charge in [-0.1, -0.05) is 42.5 Å². The molecule has 0 bridgehead atoms. The molecule has 2 aromatic heterocycles. The van der Waals surface area contributed by atoms with E-state index in [0.29, 0.717) is 6.42 Å². The van der Waals surface area contributed by atoms with E-state index in [1.54, 1.807) is 12.1 Å². The maximum atomic E-state index is 13.2. The van der Waals surface area contributed by atoms with Gasteiger partial charge in [0.2, 0.25) is 0 Å². The molecule has 3 aromatic carbocycles. The lowest BCUT2D eigenvalue weighted by molar-refractivity contribution is 0.483. The highest BCUT2D eigenvalue weighted by Crippen LogP contribution is 2.27. The minimum atomic E-state index is -0.239. The molecule has 5 aromatic rings. The second kappa shape index (κ2) is 7.79. The zero-order chi connectivity index (χ0) is 20.3. The smallest absolute Gasteiger partial charge is 0.154 e. The standard InChI is InChI=1S/C25H18FN3O/c26-20-11-9-18(10-12-20)15-21-13-14-25-27-17-24(29(25)28-21)19-5-4-8-23(16-19)30-22-6-2-1-3-7-22/h1-14,16-17H,15H2. The Hall–Kier alpha value is -3.99. The third-order valence-electron chi connectivity index (χ3n) is 4.82. The number of benzene rings is 3. The highest BCUT2D eigenvalue weighted by atomic mass is 19.1. The van der Waals surface area contributed by atoms with E-state index in [1.807, 2.05) is 77.4 Å². The number of nitrogens with zero attached hydrogens (tertiary/aromatic N) is 3. The summed E-state index contributed by atoms with van der Waals surface area (Å²) in [7, 11) is 0. The second-order valence-electron chi connectivity index (χ2n) is 6.98. The highest BCUT2D eigenvalue weighted by Gasteiger charge is 2.10. The molecule has 0 amide bonds. The van der Waals surface area contributed by atoms with Gasteiger partial charge in [0.05, 0.1) is 17.6 Å². The molecule has 0 N–H and O–H groups in total. The van der Waals surface area contributed by atoms with Gasteiger partial charge in [-0.15, -0.1) is 0 Å². The fourth-order valence-corrected chi connectivity index (χ4v) is 3.36. The molecule has 0 unspecified atom stereocenters. The van der Waals surface area contributed by atoms with Crippen molar-refractivity contribution in [3.8, 4) is 22.8 Å². The molecule has 0 atom stereocenters. The summed E-state index contributed by atoms with van der Waals surface area (Å²) < 4.78 is 21.0. The molecule has 5 heteroatoms. The lowest BCUT2D eigenvalue weighted by Crippen LogP contribution is -2.00. The summed E-state index contributed by atoms with van der Waals surface area (Å²) in [5, 5.41) is 4.76. The van der Waals surface area contributed by atoms with Gasteiger partial charge in [-0.3, -0.25) is 0 Å². The van der Waals surface area contributed by atoms with Crippen molar-refractivity contribution in [2.75, 3.05) is 0 Å². The van der Waals surface area contributed by atoms with E-state index < -0.39 is 0 Å². The first-order chi connectivity index (χ1) is 14.7. The minimum Gasteiger partial charge on any atom is -0.457 e. The SMILES string of the molecule is Fc1ccc(Cc2ccc3ncc(-c4cccc(Oc5ccccc5)c4)n3n2)cc1. The van der Waals surface area contributed by atoms with Crippen LogP contribution in [-0.4, -0.2) is 14.6 Å². The third-order valence-corrected chi connectivity index (χ3v) is 4.82. The van der Waals surface area contributed by atoms with Gasteiger partial charge in [0.1, 0.15) is 17.3 Å². The van der Waals surface area contributed by atoms with Gasteiger partial charge in [0.15, 0.2) is 5.65 Å². The number of aromatic nitrogens is 3. The number of hydrogen-bond acceptors (Lipinski definition) is 3. The molecule has 0 saturated heterocycles.